The van der Waals surface area contributed by atoms with Crippen LogP contribution in [0.5, 0.6) is 5.75 Å². The molecule has 0 radical (unpaired) electrons. The molecule has 1 aromatic heterocycles. The van der Waals surface area contributed by atoms with Gasteiger partial charge >= 0.3 is 6.09 Å². The quantitative estimate of drug-likeness (QED) is 0.869. The second-order valence-electron chi connectivity index (χ2n) is 8.02. The molecule has 2 aromatic rings. The van der Waals surface area contributed by atoms with Gasteiger partial charge in [-0.1, -0.05) is 39.0 Å². The first-order chi connectivity index (χ1) is 12.3. The Balaban J connectivity index is 1.91. The summed E-state index contributed by atoms with van der Waals surface area (Å²) in [6.45, 7) is 7.78. The van der Waals surface area contributed by atoms with Gasteiger partial charge in [0.2, 0.25) is 0 Å². The SMILES string of the molecule is CC(C)(C)CN(C[C@@H]1CCOc2c(-c3ccncc3)cccc21)C(=O)O. The highest BCUT2D eigenvalue weighted by atomic mass is 16.5. The van der Waals surface area contributed by atoms with Crippen LogP contribution < -0.4 is 4.74 Å². The van der Waals surface area contributed by atoms with Gasteiger partial charge in [0.1, 0.15) is 5.75 Å². The summed E-state index contributed by atoms with van der Waals surface area (Å²) in [7, 11) is 0. The number of amides is 1. The molecule has 0 spiro atoms. The lowest BCUT2D eigenvalue weighted by Crippen LogP contribution is -2.40. The maximum Gasteiger partial charge on any atom is 0.407 e. The van der Waals surface area contributed by atoms with E-state index in [4.69, 9.17) is 4.74 Å². The van der Waals surface area contributed by atoms with Crippen molar-refractivity contribution in [2.24, 2.45) is 5.41 Å². The summed E-state index contributed by atoms with van der Waals surface area (Å²) < 4.78 is 6.00. The molecular formula is C21H26N2O3. The second-order valence-corrected chi connectivity index (χ2v) is 8.02. The molecule has 138 valence electrons. The summed E-state index contributed by atoms with van der Waals surface area (Å²) in [6, 6.07) is 10.0. The number of nitrogens with zero attached hydrogens (tertiary/aromatic N) is 2. The normalized spacial score (nSPS) is 16.5. The first kappa shape index (κ1) is 18.2. The molecule has 0 saturated carbocycles. The smallest absolute Gasteiger partial charge is 0.407 e. The van der Waals surface area contributed by atoms with Gasteiger partial charge in [0.15, 0.2) is 0 Å². The number of hydrogen-bond acceptors (Lipinski definition) is 3. The summed E-state index contributed by atoms with van der Waals surface area (Å²) in [5, 5.41) is 9.64. The highest BCUT2D eigenvalue weighted by Gasteiger charge is 2.29. The van der Waals surface area contributed by atoms with Crippen LogP contribution in [0.4, 0.5) is 4.79 Å². The van der Waals surface area contributed by atoms with Gasteiger partial charge < -0.3 is 14.7 Å². The van der Waals surface area contributed by atoms with E-state index < -0.39 is 6.09 Å². The first-order valence-electron chi connectivity index (χ1n) is 8.99. The average Bonchev–Trinajstić information content (AvgIpc) is 2.60. The largest absolute Gasteiger partial charge is 0.493 e. The number of fused-ring (bicyclic) bond motifs is 1. The fraction of sp³-hybridized carbons (Fsp3) is 0.429. The number of para-hydroxylation sites is 1. The Morgan fingerprint density at radius 3 is 2.65 bits per heavy atom. The number of aromatic nitrogens is 1. The highest BCUT2D eigenvalue weighted by Crippen LogP contribution is 2.41. The Bertz CT molecular complexity index is 769. The molecule has 1 aliphatic rings. The third-order valence-corrected chi connectivity index (χ3v) is 4.57. The van der Waals surface area contributed by atoms with Crippen LogP contribution >= 0.6 is 0 Å². The van der Waals surface area contributed by atoms with Crippen molar-refractivity contribution in [1.29, 1.82) is 0 Å². The fourth-order valence-corrected chi connectivity index (χ4v) is 3.49. The highest BCUT2D eigenvalue weighted by molar-refractivity contribution is 5.72. The van der Waals surface area contributed by atoms with Gasteiger partial charge in [0.25, 0.3) is 0 Å². The van der Waals surface area contributed by atoms with Gasteiger partial charge in [-0.3, -0.25) is 4.98 Å². The third kappa shape index (κ3) is 4.15. The van der Waals surface area contributed by atoms with Gasteiger partial charge in [0, 0.05) is 37.0 Å². The van der Waals surface area contributed by atoms with Gasteiger partial charge in [-0.15, -0.1) is 0 Å². The van der Waals surface area contributed by atoms with Crippen molar-refractivity contribution >= 4 is 6.09 Å². The zero-order valence-corrected chi connectivity index (χ0v) is 15.6. The van der Waals surface area contributed by atoms with Gasteiger partial charge in [-0.05, 0) is 35.1 Å². The zero-order valence-electron chi connectivity index (χ0n) is 15.6. The standard InChI is InChI=1S/C21H26N2O3/c1-21(2,3)14-23(20(24)25)13-16-9-12-26-19-17(5-4-6-18(16)19)15-7-10-22-11-8-15/h4-8,10-11,16H,9,12-14H2,1-3H3,(H,24,25)/t16-/m0/s1. The molecule has 26 heavy (non-hydrogen) atoms. The summed E-state index contributed by atoms with van der Waals surface area (Å²) >= 11 is 0. The van der Waals surface area contributed by atoms with E-state index in [1.807, 2.05) is 24.3 Å². The van der Waals surface area contributed by atoms with Crippen molar-refractivity contribution in [3.8, 4) is 16.9 Å². The second kappa shape index (κ2) is 7.36. The molecule has 0 aliphatic carbocycles. The van der Waals surface area contributed by atoms with Crippen LogP contribution in [0.25, 0.3) is 11.1 Å². The van der Waals surface area contributed by atoms with E-state index >= 15 is 0 Å². The molecule has 1 aliphatic heterocycles. The zero-order chi connectivity index (χ0) is 18.7. The van der Waals surface area contributed by atoms with Crippen LogP contribution in [-0.4, -0.2) is 40.8 Å². The van der Waals surface area contributed by atoms with Crippen LogP contribution in [0.15, 0.2) is 42.7 Å². The number of benzene rings is 1. The van der Waals surface area contributed by atoms with Gasteiger partial charge in [0.05, 0.1) is 6.61 Å². The minimum Gasteiger partial charge on any atom is -0.493 e. The van der Waals surface area contributed by atoms with Gasteiger partial charge in [-0.25, -0.2) is 4.79 Å². The number of carboxylic acid groups (broad SMARTS) is 1. The van der Waals surface area contributed by atoms with E-state index in [1.165, 1.54) is 0 Å². The van der Waals surface area contributed by atoms with Crippen LogP contribution in [0.3, 0.4) is 0 Å². The average molecular weight is 354 g/mol. The van der Waals surface area contributed by atoms with Crippen molar-refractivity contribution in [3.05, 3.63) is 48.3 Å². The predicted molar refractivity (Wildman–Crippen MR) is 102 cm³/mol. The third-order valence-electron chi connectivity index (χ3n) is 4.57. The Morgan fingerprint density at radius 2 is 2.00 bits per heavy atom. The van der Waals surface area contributed by atoms with Crippen LogP contribution in [0, 0.1) is 5.41 Å². The molecule has 1 N–H and O–H groups in total. The van der Waals surface area contributed by atoms with Crippen molar-refractivity contribution in [2.75, 3.05) is 19.7 Å². The molecule has 5 nitrogen and oxygen atoms in total. The minimum atomic E-state index is -0.863. The predicted octanol–water partition coefficient (Wildman–Crippen LogP) is 4.64. The Hall–Kier alpha value is -2.56. The van der Waals surface area contributed by atoms with Crippen LogP contribution in [0.1, 0.15) is 38.7 Å². The topological polar surface area (TPSA) is 62.7 Å². The van der Waals surface area contributed by atoms with E-state index in [-0.39, 0.29) is 11.3 Å². The number of pyridine rings is 1. The van der Waals surface area contributed by atoms with E-state index in [0.717, 1.165) is 28.9 Å². The number of carbonyl (C=O) groups is 1. The Labute approximate surface area is 154 Å². The molecule has 2 heterocycles. The van der Waals surface area contributed by atoms with E-state index in [1.54, 1.807) is 17.3 Å². The number of ether oxygens (including phenoxy) is 1. The van der Waals surface area contributed by atoms with Crippen LogP contribution in [-0.2, 0) is 0 Å². The molecule has 0 fully saturated rings. The fourth-order valence-electron chi connectivity index (χ4n) is 3.49. The molecule has 1 atom stereocenters. The molecule has 1 aromatic carbocycles. The van der Waals surface area contributed by atoms with Crippen molar-refractivity contribution in [1.82, 2.24) is 9.88 Å². The molecule has 0 unspecified atom stereocenters. The molecule has 1 amide bonds. The van der Waals surface area contributed by atoms with E-state index in [2.05, 4.69) is 31.8 Å². The monoisotopic (exact) mass is 354 g/mol. The maximum atomic E-state index is 11.7. The summed E-state index contributed by atoms with van der Waals surface area (Å²) in [5.41, 5.74) is 3.10. The first-order valence-corrected chi connectivity index (χ1v) is 8.99. The number of rotatable bonds is 4. The maximum absolute atomic E-state index is 11.7. The molecule has 0 bridgehead atoms. The molecule has 5 heteroatoms. The molecule has 0 saturated heterocycles. The minimum absolute atomic E-state index is 0.0781. The summed E-state index contributed by atoms with van der Waals surface area (Å²) in [5.74, 6) is 1.01. The lowest BCUT2D eigenvalue weighted by Gasteiger charge is -2.34. The van der Waals surface area contributed by atoms with Crippen molar-refractivity contribution in [2.45, 2.75) is 33.1 Å². The molecular weight excluding hydrogens is 328 g/mol. The Kier molecular flexibility index (Phi) is 5.16. The van der Waals surface area contributed by atoms with Crippen molar-refractivity contribution in [3.63, 3.8) is 0 Å². The molecule has 3 rings (SSSR count). The van der Waals surface area contributed by atoms with Crippen molar-refractivity contribution < 1.29 is 14.6 Å². The van der Waals surface area contributed by atoms with Gasteiger partial charge in [-0.2, -0.15) is 0 Å². The van der Waals surface area contributed by atoms with E-state index in [9.17, 15) is 9.90 Å². The Morgan fingerprint density at radius 1 is 1.27 bits per heavy atom. The number of hydrogen-bond donors (Lipinski definition) is 1. The summed E-state index contributed by atoms with van der Waals surface area (Å²) in [6.07, 6.45) is 3.49. The lowest BCUT2D eigenvalue weighted by molar-refractivity contribution is 0.118. The lowest BCUT2D eigenvalue weighted by atomic mass is 9.88. The van der Waals surface area contributed by atoms with Crippen LogP contribution in [0.2, 0.25) is 0 Å². The summed E-state index contributed by atoms with van der Waals surface area (Å²) in [4.78, 5) is 17.4. The van der Waals surface area contributed by atoms with E-state index in [0.29, 0.717) is 19.7 Å².